The number of hydrogen-bond donors (Lipinski definition) is 0. The summed E-state index contributed by atoms with van der Waals surface area (Å²) in [5.41, 5.74) is 3.73. The Morgan fingerprint density at radius 1 is 1.05 bits per heavy atom. The SMILES string of the molecule is CCOc1ccc([C@H]2C(C(=O)OC)=CN=c3s/c(=C\c4cc(Br)c(OCc5ccc(C)cc5)c(I)c4)c(=O)n32)cc1OCC. The van der Waals surface area contributed by atoms with Crippen molar-refractivity contribution < 1.29 is 23.7 Å². The average Bonchev–Trinajstić information content (AvgIpc) is 3.32. The molecule has 5 rings (SSSR count). The topological polar surface area (TPSA) is 88.4 Å². The molecule has 0 aliphatic carbocycles. The van der Waals surface area contributed by atoms with Gasteiger partial charge in [0.15, 0.2) is 16.3 Å². The van der Waals surface area contributed by atoms with Crippen LogP contribution in [0.5, 0.6) is 17.2 Å². The predicted octanol–water partition coefficient (Wildman–Crippen LogP) is 6.07. The lowest BCUT2D eigenvalue weighted by Gasteiger charge is -2.23. The third-order valence-corrected chi connectivity index (χ3v) is 9.22. The fourth-order valence-electron chi connectivity index (χ4n) is 4.78. The van der Waals surface area contributed by atoms with Crippen LogP contribution in [0.3, 0.4) is 0 Å². The molecule has 1 aliphatic rings. The van der Waals surface area contributed by atoms with Gasteiger partial charge in [-0.15, -0.1) is 0 Å². The van der Waals surface area contributed by atoms with Gasteiger partial charge < -0.3 is 18.9 Å². The summed E-state index contributed by atoms with van der Waals surface area (Å²) in [6.45, 7) is 7.16. The second-order valence-corrected chi connectivity index (χ2v) is 12.9. The minimum atomic E-state index is -0.764. The van der Waals surface area contributed by atoms with E-state index in [0.29, 0.717) is 46.2 Å². The number of carbonyl (C=O) groups is 1. The van der Waals surface area contributed by atoms with E-state index in [-0.39, 0.29) is 11.1 Å². The predicted molar refractivity (Wildman–Crippen MR) is 182 cm³/mol. The quantitative estimate of drug-likeness (QED) is 0.143. The third-order valence-electron chi connectivity index (χ3n) is 6.83. The zero-order valence-corrected chi connectivity index (χ0v) is 29.1. The first-order valence-electron chi connectivity index (χ1n) is 13.9. The second-order valence-electron chi connectivity index (χ2n) is 9.84. The lowest BCUT2D eigenvalue weighted by Crippen LogP contribution is -2.39. The Morgan fingerprint density at radius 2 is 1.77 bits per heavy atom. The summed E-state index contributed by atoms with van der Waals surface area (Å²) in [5, 5.41) is 0. The van der Waals surface area contributed by atoms with E-state index in [9.17, 15) is 9.59 Å². The first kappa shape index (κ1) is 32.0. The number of hydrogen-bond acceptors (Lipinski definition) is 8. The summed E-state index contributed by atoms with van der Waals surface area (Å²) in [6.07, 6.45) is 3.30. The average molecular weight is 789 g/mol. The van der Waals surface area contributed by atoms with E-state index in [4.69, 9.17) is 18.9 Å². The summed E-state index contributed by atoms with van der Waals surface area (Å²) in [7, 11) is 1.31. The molecule has 2 heterocycles. The van der Waals surface area contributed by atoms with Crippen molar-refractivity contribution in [2.75, 3.05) is 20.3 Å². The van der Waals surface area contributed by atoms with Crippen LogP contribution in [0.2, 0.25) is 0 Å². The van der Waals surface area contributed by atoms with Gasteiger partial charge in [-0.1, -0.05) is 47.2 Å². The molecule has 0 amide bonds. The summed E-state index contributed by atoms with van der Waals surface area (Å²) in [4.78, 5) is 31.8. The van der Waals surface area contributed by atoms with E-state index in [1.165, 1.54) is 34.8 Å². The maximum atomic E-state index is 14.0. The molecule has 44 heavy (non-hydrogen) atoms. The standard InChI is InChI=1S/C33H30BrIN2O6S/c1-5-41-26-12-11-22(16-27(26)42-6-2)29-23(32(39)40-4)17-36-33-37(29)31(38)28(44-33)15-21-13-24(34)30(25(35)14-21)43-18-20-9-7-19(3)8-10-20/h7-17,29H,5-6,18H2,1-4H3/b28-15-/t29-/m0/s1. The van der Waals surface area contributed by atoms with Gasteiger partial charge in [0.05, 0.1) is 44.5 Å². The molecule has 0 saturated heterocycles. The van der Waals surface area contributed by atoms with Crippen molar-refractivity contribution in [3.05, 3.63) is 116 Å². The zero-order valence-electron chi connectivity index (χ0n) is 24.6. The van der Waals surface area contributed by atoms with Crippen LogP contribution >= 0.6 is 49.9 Å². The summed E-state index contributed by atoms with van der Waals surface area (Å²) < 4.78 is 26.4. The monoisotopic (exact) mass is 788 g/mol. The lowest BCUT2D eigenvalue weighted by molar-refractivity contribution is -0.136. The number of aromatic nitrogens is 1. The zero-order chi connectivity index (χ0) is 31.4. The van der Waals surface area contributed by atoms with Gasteiger partial charge in [-0.05, 0) is 106 Å². The number of rotatable bonds is 10. The number of carbonyl (C=O) groups excluding carboxylic acids is 1. The van der Waals surface area contributed by atoms with Crippen molar-refractivity contribution in [1.29, 1.82) is 0 Å². The van der Waals surface area contributed by atoms with E-state index >= 15 is 0 Å². The number of thiazole rings is 1. The minimum Gasteiger partial charge on any atom is -0.490 e. The molecule has 8 nitrogen and oxygen atoms in total. The van der Waals surface area contributed by atoms with Gasteiger partial charge in [0.1, 0.15) is 12.4 Å². The number of esters is 1. The first-order valence-corrected chi connectivity index (χ1v) is 16.6. The Balaban J connectivity index is 1.54. The van der Waals surface area contributed by atoms with Gasteiger partial charge in [-0.3, -0.25) is 9.36 Å². The van der Waals surface area contributed by atoms with Crippen LogP contribution in [0.4, 0.5) is 0 Å². The highest BCUT2D eigenvalue weighted by Gasteiger charge is 2.31. The number of benzene rings is 3. The fraction of sp³-hybridized carbons (Fsp3) is 0.242. The molecule has 1 atom stereocenters. The normalized spacial score (nSPS) is 14.4. The number of halogens is 2. The van der Waals surface area contributed by atoms with Crippen molar-refractivity contribution >= 4 is 61.9 Å². The highest BCUT2D eigenvalue weighted by Crippen LogP contribution is 2.35. The van der Waals surface area contributed by atoms with Crippen LogP contribution < -0.4 is 29.1 Å². The maximum Gasteiger partial charge on any atom is 0.337 e. The Hall–Kier alpha value is -3.42. The summed E-state index contributed by atoms with van der Waals surface area (Å²) in [6, 6.07) is 16.8. The minimum absolute atomic E-state index is 0.241. The van der Waals surface area contributed by atoms with Gasteiger partial charge in [0, 0.05) is 6.20 Å². The lowest BCUT2D eigenvalue weighted by atomic mass is 9.97. The Bertz CT molecular complexity index is 1890. The van der Waals surface area contributed by atoms with Crippen molar-refractivity contribution in [3.8, 4) is 17.2 Å². The van der Waals surface area contributed by atoms with Gasteiger partial charge in [-0.25, -0.2) is 9.79 Å². The van der Waals surface area contributed by atoms with Crippen LogP contribution in [0.15, 0.2) is 80.6 Å². The molecule has 0 bridgehead atoms. The molecule has 11 heteroatoms. The van der Waals surface area contributed by atoms with Gasteiger partial charge in [-0.2, -0.15) is 0 Å². The Morgan fingerprint density at radius 3 is 2.45 bits per heavy atom. The summed E-state index contributed by atoms with van der Waals surface area (Å²) in [5.74, 6) is 1.27. The van der Waals surface area contributed by atoms with E-state index < -0.39 is 12.0 Å². The molecule has 1 aromatic heterocycles. The van der Waals surface area contributed by atoms with E-state index in [2.05, 4.69) is 62.6 Å². The van der Waals surface area contributed by atoms with Crippen LogP contribution in [-0.2, 0) is 16.1 Å². The molecular weight excluding hydrogens is 759 g/mol. The molecule has 3 aromatic carbocycles. The third kappa shape index (κ3) is 6.79. The van der Waals surface area contributed by atoms with Crippen molar-refractivity contribution in [2.45, 2.75) is 33.4 Å². The Labute approximate surface area is 280 Å². The molecule has 1 aliphatic heterocycles. The highest BCUT2D eigenvalue weighted by molar-refractivity contribution is 14.1. The molecule has 228 valence electrons. The van der Waals surface area contributed by atoms with Crippen molar-refractivity contribution in [3.63, 3.8) is 0 Å². The molecule has 0 spiro atoms. The van der Waals surface area contributed by atoms with Crippen LogP contribution in [0, 0.1) is 10.5 Å². The van der Waals surface area contributed by atoms with Gasteiger partial charge in [0.2, 0.25) is 0 Å². The van der Waals surface area contributed by atoms with E-state index in [1.807, 2.05) is 50.3 Å². The molecular formula is C33H30BrIN2O6S. The number of fused-ring (bicyclic) bond motifs is 1. The van der Waals surface area contributed by atoms with Gasteiger partial charge >= 0.3 is 5.97 Å². The molecule has 0 saturated carbocycles. The van der Waals surface area contributed by atoms with Crippen LogP contribution in [0.25, 0.3) is 6.08 Å². The largest absolute Gasteiger partial charge is 0.490 e. The maximum absolute atomic E-state index is 14.0. The molecule has 0 N–H and O–H groups in total. The number of nitrogens with zero attached hydrogens (tertiary/aromatic N) is 2. The number of ether oxygens (including phenoxy) is 4. The first-order chi connectivity index (χ1) is 21.2. The molecule has 0 fully saturated rings. The number of aryl methyl sites for hydroxylation is 1. The van der Waals surface area contributed by atoms with Gasteiger partial charge in [0.25, 0.3) is 5.56 Å². The van der Waals surface area contributed by atoms with E-state index in [1.54, 1.807) is 12.1 Å². The Kier molecular flexibility index (Phi) is 10.3. The number of methoxy groups -OCH3 is 1. The molecule has 0 radical (unpaired) electrons. The molecule has 0 unspecified atom stereocenters. The smallest absolute Gasteiger partial charge is 0.337 e. The second kappa shape index (κ2) is 14.1. The fourth-order valence-corrected chi connectivity index (χ4v) is 7.52. The molecule has 4 aromatic rings. The van der Waals surface area contributed by atoms with Crippen LogP contribution in [-0.4, -0.2) is 30.9 Å². The van der Waals surface area contributed by atoms with Crippen molar-refractivity contribution in [2.24, 2.45) is 4.99 Å². The summed E-state index contributed by atoms with van der Waals surface area (Å²) >= 11 is 7.14. The highest BCUT2D eigenvalue weighted by atomic mass is 127. The van der Waals surface area contributed by atoms with Crippen molar-refractivity contribution in [1.82, 2.24) is 4.57 Å². The van der Waals surface area contributed by atoms with E-state index in [0.717, 1.165) is 24.9 Å². The van der Waals surface area contributed by atoms with Crippen LogP contribution in [0.1, 0.15) is 42.1 Å².